The Morgan fingerprint density at radius 1 is 1.00 bits per heavy atom. The molecule has 0 aliphatic carbocycles. The predicted octanol–water partition coefficient (Wildman–Crippen LogP) is -3.07. The Hall–Kier alpha value is 1.60. The minimum atomic E-state index is 0. The summed E-state index contributed by atoms with van der Waals surface area (Å²) in [7, 11) is 0. The standard InChI is InChI=1S/Bi.Na.2H2O.O.2H/h;;2*1H2;;;. The molecule has 0 aliphatic rings. The van der Waals surface area contributed by atoms with Gasteiger partial charge in [-0.25, -0.2) is 0 Å². The predicted molar refractivity (Wildman–Crippen MR) is 22.2 cm³/mol. The monoisotopic (exact) mass is 286 g/mol. The molecule has 3 nitrogen and oxygen atoms in total. The Kier molecular flexibility index (Phi) is 283. The van der Waals surface area contributed by atoms with Gasteiger partial charge in [0.15, 0.2) is 0 Å². The number of hydrogen-bond donors (Lipinski definition) is 0. The summed E-state index contributed by atoms with van der Waals surface area (Å²) in [5, 5.41) is 0. The molecule has 0 heterocycles. The van der Waals surface area contributed by atoms with E-state index in [4.69, 9.17) is 2.81 Å². The van der Waals surface area contributed by atoms with Crippen LogP contribution in [0.2, 0.25) is 0 Å². The summed E-state index contributed by atoms with van der Waals surface area (Å²) in [5.74, 6) is 0. The van der Waals surface area contributed by atoms with E-state index in [1.165, 1.54) is 0 Å². The van der Waals surface area contributed by atoms with Crippen LogP contribution in [0.25, 0.3) is 0 Å². The van der Waals surface area contributed by atoms with Crippen molar-refractivity contribution >= 4 is 54.3 Å². The van der Waals surface area contributed by atoms with Crippen molar-refractivity contribution in [3.63, 3.8) is 0 Å². The van der Waals surface area contributed by atoms with Gasteiger partial charge in [0.25, 0.3) is 0 Å². The van der Waals surface area contributed by atoms with Gasteiger partial charge in [0.1, 0.15) is 0 Å². The Morgan fingerprint density at radius 3 is 1.00 bits per heavy atom. The first-order valence-electron chi connectivity index (χ1n) is 0.204. The molecule has 5 heteroatoms. The first-order chi connectivity index (χ1) is 1.00. The van der Waals surface area contributed by atoms with Crippen LogP contribution in [0.3, 0.4) is 0 Å². The second-order valence-corrected chi connectivity index (χ2v) is 0. The van der Waals surface area contributed by atoms with Crippen LogP contribution in [-0.2, 0) is 2.81 Å². The van der Waals surface area contributed by atoms with Gasteiger partial charge in [-0.3, -0.25) is 0 Å². The van der Waals surface area contributed by atoms with Crippen LogP contribution >= 0.6 is 0 Å². The van der Waals surface area contributed by atoms with Crippen molar-refractivity contribution < 1.29 is 13.8 Å². The van der Waals surface area contributed by atoms with E-state index < -0.39 is 0 Å². The summed E-state index contributed by atoms with van der Waals surface area (Å²) in [6.07, 6.45) is 0. The number of hydrogen-bond acceptors (Lipinski definition) is 1. The first kappa shape index (κ1) is 30.6. The maximum absolute atomic E-state index is 8.39. The van der Waals surface area contributed by atoms with E-state index >= 15 is 0 Å². The second kappa shape index (κ2) is 46.2. The van der Waals surface area contributed by atoms with Gasteiger partial charge in [-0.15, -0.1) is 0 Å². The molecule has 0 rings (SSSR count). The zero-order valence-electron chi connectivity index (χ0n) is 1.91. The average Bonchev–Trinajstić information content (AvgIpc) is 1.00. The van der Waals surface area contributed by atoms with E-state index in [0.717, 1.165) is 0 Å². The zero-order chi connectivity index (χ0) is 2.00. The van der Waals surface area contributed by atoms with E-state index in [-0.39, 0.29) is 65.2 Å². The fourth-order valence-electron chi connectivity index (χ4n) is 0. The Bertz CT molecular complexity index is 6.85. The fraction of sp³-hybridized carbons (Fsp3) is 0. The van der Waals surface area contributed by atoms with Crippen molar-refractivity contribution in [3.8, 4) is 0 Å². The first-order valence-corrected chi connectivity index (χ1v) is 1.79. The Labute approximate surface area is 67.3 Å². The molecule has 5 heavy (non-hydrogen) atoms. The van der Waals surface area contributed by atoms with Gasteiger partial charge in [0, 0.05) is 0 Å². The van der Waals surface area contributed by atoms with Crippen molar-refractivity contribution in [2.75, 3.05) is 0 Å². The molecule has 0 aromatic heterocycles. The van der Waals surface area contributed by atoms with Crippen molar-refractivity contribution in [1.82, 2.24) is 0 Å². The molecule has 4 N–H and O–H groups in total. The topological polar surface area (TPSA) is 80.1 Å². The quantitative estimate of drug-likeness (QED) is 0.435. The van der Waals surface area contributed by atoms with Gasteiger partial charge in [-0.2, -0.15) is 0 Å². The van der Waals surface area contributed by atoms with Crippen LogP contribution in [0.5, 0.6) is 0 Å². The molecule has 0 saturated carbocycles. The molecule has 0 amide bonds. The summed E-state index contributed by atoms with van der Waals surface area (Å²) in [6.45, 7) is 0. The van der Waals surface area contributed by atoms with Gasteiger partial charge in [-0.1, -0.05) is 0 Å². The molecule has 0 atom stereocenters. The molecule has 0 aliphatic heterocycles. The van der Waals surface area contributed by atoms with Gasteiger partial charge in [0.05, 0.1) is 0 Å². The molecule has 0 aromatic carbocycles. The normalized spacial score (nSPS) is 0.800. The van der Waals surface area contributed by atoms with E-state index in [1.54, 1.807) is 0 Å². The number of rotatable bonds is 0. The van der Waals surface area contributed by atoms with Crippen molar-refractivity contribution in [1.29, 1.82) is 0 Å². The van der Waals surface area contributed by atoms with Crippen molar-refractivity contribution in [2.24, 2.45) is 0 Å². The van der Waals surface area contributed by atoms with Gasteiger partial charge in [-0.05, 0) is 0 Å². The van der Waals surface area contributed by atoms with E-state index in [1.807, 2.05) is 0 Å². The second-order valence-electron chi connectivity index (χ2n) is 0. The summed E-state index contributed by atoms with van der Waals surface area (Å²) in [6, 6.07) is 0. The van der Waals surface area contributed by atoms with Crippen LogP contribution < -0.4 is 0 Å². The van der Waals surface area contributed by atoms with Crippen LogP contribution in [0.15, 0.2) is 0 Å². The summed E-state index contributed by atoms with van der Waals surface area (Å²) in [5.41, 5.74) is 0. The molecule has 0 aromatic rings. The SMILES string of the molecule is O.O.[NaH].[O]=[BiH]. The molecule has 0 spiro atoms. The third-order valence-corrected chi connectivity index (χ3v) is 0. The van der Waals surface area contributed by atoms with Gasteiger partial charge < -0.3 is 11.0 Å². The molecular weight excluding hydrogens is 280 g/mol. The fourth-order valence-corrected chi connectivity index (χ4v) is 0. The molecule has 0 radical (unpaired) electrons. The summed E-state index contributed by atoms with van der Waals surface area (Å²) in [4.78, 5) is 0. The third-order valence-electron chi connectivity index (χ3n) is 0. The van der Waals surface area contributed by atoms with Crippen molar-refractivity contribution in [3.05, 3.63) is 0 Å². The summed E-state index contributed by atoms with van der Waals surface area (Å²) < 4.78 is 8.39. The zero-order valence-corrected chi connectivity index (χ0v) is 5.80. The van der Waals surface area contributed by atoms with Gasteiger partial charge in [0.2, 0.25) is 0 Å². The van der Waals surface area contributed by atoms with E-state index in [0.29, 0.717) is 0 Å². The van der Waals surface area contributed by atoms with Crippen LogP contribution in [-0.4, -0.2) is 65.2 Å². The van der Waals surface area contributed by atoms with E-state index in [9.17, 15) is 0 Å². The van der Waals surface area contributed by atoms with Gasteiger partial charge >= 0.3 is 57.1 Å². The molecule has 30 valence electrons. The Morgan fingerprint density at radius 2 is 1.00 bits per heavy atom. The Balaban J connectivity index is -0.00000000167. The van der Waals surface area contributed by atoms with Crippen LogP contribution in [0, 0.1) is 0 Å². The molecule has 0 unspecified atom stereocenters. The van der Waals surface area contributed by atoms with Crippen LogP contribution in [0.1, 0.15) is 0 Å². The minimum absolute atomic E-state index is 0. The van der Waals surface area contributed by atoms with E-state index in [2.05, 4.69) is 0 Å². The molecule has 0 saturated heterocycles. The maximum atomic E-state index is 8.39. The summed E-state index contributed by atoms with van der Waals surface area (Å²) >= 11 is 0.0556. The average molecular weight is 286 g/mol. The molecule has 0 fully saturated rings. The molecule has 0 bridgehead atoms. The molecular formula is H6BiNaO3. The van der Waals surface area contributed by atoms with Crippen LogP contribution in [0.4, 0.5) is 0 Å². The third kappa shape index (κ3) is 28.3. The van der Waals surface area contributed by atoms with Crippen molar-refractivity contribution in [2.45, 2.75) is 0 Å².